The summed E-state index contributed by atoms with van der Waals surface area (Å²) in [4.78, 5) is 30.2. The molecule has 0 spiro atoms. The Morgan fingerprint density at radius 3 is 2.43 bits per heavy atom. The van der Waals surface area contributed by atoms with Crippen molar-refractivity contribution in [1.29, 1.82) is 0 Å². The van der Waals surface area contributed by atoms with E-state index in [0.717, 1.165) is 5.56 Å². The highest BCUT2D eigenvalue weighted by Crippen LogP contribution is 2.58. The van der Waals surface area contributed by atoms with E-state index in [1.54, 1.807) is 45.8 Å². The lowest BCUT2D eigenvalue weighted by atomic mass is 9.93. The number of phenolic OH excluding ortho intramolecular Hbond substituents is 1. The number of aromatic hydroxyl groups is 1. The molecule has 0 bridgehead atoms. The maximum atomic E-state index is 13.4. The second kappa shape index (κ2) is 6.17. The smallest absolute Gasteiger partial charge is 0.250 e. The van der Waals surface area contributed by atoms with E-state index in [4.69, 9.17) is 0 Å². The lowest BCUT2D eigenvalue weighted by molar-refractivity contribution is -0.165. The third-order valence-electron chi connectivity index (χ3n) is 6.11. The lowest BCUT2D eigenvalue weighted by Crippen LogP contribution is -2.71. The summed E-state index contributed by atoms with van der Waals surface area (Å²) in [5.41, 5.74) is 0.0436. The minimum Gasteiger partial charge on any atom is -0.508 e. The monoisotopic (exact) mass is 429 g/mol. The van der Waals surface area contributed by atoms with Gasteiger partial charge in [-0.25, -0.2) is 0 Å². The number of H-pyrrole nitrogens is 1. The number of hydrogen-bond acceptors (Lipinski definition) is 8. The second-order valence-corrected chi connectivity index (χ2v) is 10.7. The van der Waals surface area contributed by atoms with Gasteiger partial charge in [-0.1, -0.05) is 17.3 Å². The summed E-state index contributed by atoms with van der Waals surface area (Å²) in [5, 5.41) is 27.0. The Morgan fingerprint density at radius 1 is 1.10 bits per heavy atom. The van der Waals surface area contributed by atoms with Crippen LogP contribution in [0.5, 0.6) is 5.75 Å². The van der Waals surface area contributed by atoms with Crippen molar-refractivity contribution in [2.75, 3.05) is 0 Å². The number of fused-ring (bicyclic) bond motifs is 1. The highest BCUT2D eigenvalue weighted by atomic mass is 32.2. The third kappa shape index (κ3) is 2.58. The van der Waals surface area contributed by atoms with E-state index < -0.39 is 17.7 Å². The third-order valence-corrected chi connectivity index (χ3v) is 7.67. The van der Waals surface area contributed by atoms with Crippen molar-refractivity contribution in [2.24, 2.45) is 0 Å². The highest BCUT2D eigenvalue weighted by molar-refractivity contribution is 8.01. The van der Waals surface area contributed by atoms with Crippen molar-refractivity contribution < 1.29 is 14.7 Å². The molecule has 158 valence electrons. The normalized spacial score (nSPS) is 31.7. The molecule has 2 amide bonds. The number of aromatic amines is 1. The number of aromatic nitrogens is 4. The molecule has 0 aliphatic carbocycles. The van der Waals surface area contributed by atoms with Gasteiger partial charge in [0.05, 0.1) is 5.66 Å². The molecule has 10 nitrogen and oxygen atoms in total. The van der Waals surface area contributed by atoms with Crippen LogP contribution in [0.15, 0.2) is 24.3 Å². The Balaban J connectivity index is 1.46. The summed E-state index contributed by atoms with van der Waals surface area (Å²) in [6.07, 6.45) is 0. The van der Waals surface area contributed by atoms with Gasteiger partial charge in [-0.2, -0.15) is 5.21 Å². The van der Waals surface area contributed by atoms with Gasteiger partial charge in [0, 0.05) is 4.75 Å². The van der Waals surface area contributed by atoms with Gasteiger partial charge in [0.15, 0.2) is 5.82 Å². The Kier molecular flexibility index (Phi) is 3.97. The molecule has 4 heterocycles. The van der Waals surface area contributed by atoms with Crippen molar-refractivity contribution in [3.8, 4) is 5.75 Å². The molecule has 0 saturated carbocycles. The van der Waals surface area contributed by atoms with Crippen LogP contribution in [0.25, 0.3) is 0 Å². The van der Waals surface area contributed by atoms with E-state index in [1.165, 1.54) is 0 Å². The Bertz CT molecular complexity index is 1010. The van der Waals surface area contributed by atoms with E-state index in [2.05, 4.69) is 39.8 Å². The molecule has 1 aromatic carbocycles. The van der Waals surface area contributed by atoms with E-state index in [1.807, 2.05) is 13.8 Å². The van der Waals surface area contributed by atoms with Crippen LogP contribution in [0, 0.1) is 0 Å². The van der Waals surface area contributed by atoms with Gasteiger partial charge in [0.1, 0.15) is 29.2 Å². The SMILES string of the molecule is CC1(C)SC2C(N3C(=O)C(c4ccc(O)cc4)NC3(C)C)C(=O)N2C1c1nn[nH]n1. The average Bonchev–Trinajstić information content (AvgIpc) is 3.33. The van der Waals surface area contributed by atoms with Crippen LogP contribution in [0.1, 0.15) is 51.2 Å². The van der Waals surface area contributed by atoms with Gasteiger partial charge >= 0.3 is 0 Å². The second-order valence-electron chi connectivity index (χ2n) is 8.91. The molecular weight excluding hydrogens is 406 g/mol. The van der Waals surface area contributed by atoms with E-state index in [9.17, 15) is 14.7 Å². The topological polar surface area (TPSA) is 127 Å². The number of carbonyl (C=O) groups is 2. The first-order valence-corrected chi connectivity index (χ1v) is 10.6. The molecule has 4 atom stereocenters. The summed E-state index contributed by atoms with van der Waals surface area (Å²) in [6, 6.07) is 5.11. The van der Waals surface area contributed by atoms with Crippen molar-refractivity contribution in [3.63, 3.8) is 0 Å². The number of hydrogen-bond donors (Lipinski definition) is 3. The Labute approximate surface area is 177 Å². The fourth-order valence-corrected chi connectivity index (χ4v) is 6.49. The number of thioether (sulfide) groups is 1. The molecule has 3 aliphatic heterocycles. The van der Waals surface area contributed by atoms with Gasteiger partial charge in [-0.3, -0.25) is 14.9 Å². The predicted octanol–water partition coefficient (Wildman–Crippen LogP) is 0.918. The molecule has 3 saturated heterocycles. The number of amides is 2. The van der Waals surface area contributed by atoms with Crippen LogP contribution in [0.2, 0.25) is 0 Å². The molecule has 11 heteroatoms. The maximum Gasteiger partial charge on any atom is 0.250 e. The zero-order chi connectivity index (χ0) is 21.4. The lowest BCUT2D eigenvalue weighted by Gasteiger charge is -2.50. The minimum atomic E-state index is -0.707. The first-order chi connectivity index (χ1) is 14.1. The number of benzene rings is 1. The van der Waals surface area contributed by atoms with Crippen LogP contribution in [0.4, 0.5) is 0 Å². The standard InChI is InChI=1S/C19H23N7O3S/c1-18(2)13(14-21-23-24-22-14)25-16(29)12(17(25)30-18)26-15(28)11(20-19(26,3)4)9-5-7-10(27)8-6-9/h5-8,11-13,17,20,27H,1-4H3,(H,21,22,23,24). The Hall–Kier alpha value is -2.66. The fraction of sp³-hybridized carbons (Fsp3) is 0.526. The van der Waals surface area contributed by atoms with Crippen LogP contribution < -0.4 is 5.32 Å². The van der Waals surface area contributed by atoms with Gasteiger partial charge < -0.3 is 14.9 Å². The fourth-order valence-electron chi connectivity index (χ4n) is 4.81. The van der Waals surface area contributed by atoms with Crippen molar-refractivity contribution in [1.82, 2.24) is 35.7 Å². The van der Waals surface area contributed by atoms with Gasteiger partial charge in [-0.05, 0) is 45.4 Å². The van der Waals surface area contributed by atoms with E-state index in [-0.39, 0.29) is 33.7 Å². The van der Waals surface area contributed by atoms with Crippen molar-refractivity contribution >= 4 is 23.6 Å². The number of phenols is 1. The number of carbonyl (C=O) groups excluding carboxylic acids is 2. The van der Waals surface area contributed by atoms with Gasteiger partial charge in [-0.15, -0.1) is 22.0 Å². The first kappa shape index (κ1) is 19.3. The zero-order valence-corrected chi connectivity index (χ0v) is 17.8. The molecule has 3 N–H and O–H groups in total. The van der Waals surface area contributed by atoms with Gasteiger partial charge in [0.25, 0.3) is 0 Å². The van der Waals surface area contributed by atoms with Crippen molar-refractivity contribution in [3.05, 3.63) is 35.7 Å². The Morgan fingerprint density at radius 2 is 1.80 bits per heavy atom. The highest BCUT2D eigenvalue weighted by Gasteiger charge is 2.67. The number of nitrogens with one attached hydrogen (secondary N) is 2. The molecular formula is C19H23N7O3S. The molecule has 1 aromatic heterocycles. The van der Waals surface area contributed by atoms with Crippen LogP contribution in [-0.2, 0) is 9.59 Å². The van der Waals surface area contributed by atoms with Gasteiger partial charge in [0.2, 0.25) is 11.8 Å². The summed E-state index contributed by atoms with van der Waals surface area (Å²) >= 11 is 1.65. The minimum absolute atomic E-state index is 0.109. The molecule has 3 aliphatic rings. The van der Waals surface area contributed by atoms with E-state index in [0.29, 0.717) is 5.82 Å². The first-order valence-electron chi connectivity index (χ1n) is 9.75. The largest absolute Gasteiger partial charge is 0.508 e. The molecule has 0 radical (unpaired) electrons. The van der Waals surface area contributed by atoms with Crippen LogP contribution in [0.3, 0.4) is 0 Å². The molecule has 4 unspecified atom stereocenters. The number of β-lactam (4-membered cyclic amide) rings is 1. The number of rotatable bonds is 3. The quantitative estimate of drug-likeness (QED) is 0.615. The number of nitrogens with zero attached hydrogens (tertiary/aromatic N) is 5. The molecule has 3 fully saturated rings. The molecule has 5 rings (SSSR count). The zero-order valence-electron chi connectivity index (χ0n) is 17.0. The van der Waals surface area contributed by atoms with Crippen LogP contribution in [-0.4, -0.2) is 69.2 Å². The maximum absolute atomic E-state index is 13.4. The van der Waals surface area contributed by atoms with E-state index >= 15 is 0 Å². The summed E-state index contributed by atoms with van der Waals surface area (Å²) in [6.45, 7) is 7.91. The average molecular weight is 430 g/mol. The summed E-state index contributed by atoms with van der Waals surface area (Å²) in [5.74, 6) is 0.365. The van der Waals surface area contributed by atoms with Crippen molar-refractivity contribution in [2.45, 2.75) is 61.6 Å². The van der Waals surface area contributed by atoms with Crippen LogP contribution >= 0.6 is 11.8 Å². The molecule has 30 heavy (non-hydrogen) atoms. The predicted molar refractivity (Wildman–Crippen MR) is 108 cm³/mol. The number of tetrazole rings is 1. The summed E-state index contributed by atoms with van der Waals surface area (Å²) in [7, 11) is 0. The molecule has 2 aromatic rings. The summed E-state index contributed by atoms with van der Waals surface area (Å²) < 4.78 is -0.324.